The monoisotopic (exact) mass is 374 g/mol. The smallest absolute Gasteiger partial charge is 0.322 e. The molecule has 13 heteroatoms. The zero-order valence-corrected chi connectivity index (χ0v) is 14.5. The Kier molecular flexibility index (Phi) is 11.9. The molecule has 0 spiro atoms. The summed E-state index contributed by atoms with van der Waals surface area (Å²) in [6, 6.07) is -0.900. The Morgan fingerprint density at radius 2 is 1.73 bits per heavy atom. The van der Waals surface area contributed by atoms with Crippen molar-refractivity contribution in [3.8, 4) is 0 Å². The van der Waals surface area contributed by atoms with Crippen LogP contribution in [0.2, 0.25) is 0 Å². The molecule has 0 saturated heterocycles. The molecule has 0 aromatic heterocycles. The number of hydrazine groups is 1. The van der Waals surface area contributed by atoms with Crippen LogP contribution in [0.3, 0.4) is 0 Å². The molecular formula is C13H26N8O5. The molecule has 1 atom stereocenters. The van der Waals surface area contributed by atoms with Crippen molar-refractivity contribution in [3.63, 3.8) is 0 Å². The number of aliphatic imine (C=N–C) groups is 1. The summed E-state index contributed by atoms with van der Waals surface area (Å²) in [5.41, 5.74) is 15.6. The molecule has 0 rings (SSSR count). The fourth-order valence-corrected chi connectivity index (χ4v) is 1.71. The summed E-state index contributed by atoms with van der Waals surface area (Å²) in [7, 11) is 1.59. The maximum atomic E-state index is 12.2. The second-order valence-electron chi connectivity index (χ2n) is 5.06. The van der Waals surface area contributed by atoms with Crippen molar-refractivity contribution in [2.45, 2.75) is 18.9 Å². The molecule has 0 bridgehead atoms. The minimum absolute atomic E-state index is 0.0622. The van der Waals surface area contributed by atoms with Gasteiger partial charge in [0, 0.05) is 6.54 Å². The number of rotatable bonds is 13. The van der Waals surface area contributed by atoms with Gasteiger partial charge in [-0.2, -0.15) is 0 Å². The second-order valence-corrected chi connectivity index (χ2v) is 5.06. The minimum Gasteiger partial charge on any atom is -0.480 e. The van der Waals surface area contributed by atoms with Crippen LogP contribution in [0.15, 0.2) is 4.99 Å². The first-order valence-electron chi connectivity index (χ1n) is 7.76. The quantitative estimate of drug-likeness (QED) is 0.0674. The normalized spacial score (nSPS) is 11.1. The van der Waals surface area contributed by atoms with Crippen molar-refractivity contribution in [2.24, 2.45) is 16.5 Å². The van der Waals surface area contributed by atoms with Gasteiger partial charge in [-0.15, -0.1) is 0 Å². The maximum absolute atomic E-state index is 12.2. The molecule has 0 aliphatic heterocycles. The van der Waals surface area contributed by atoms with Gasteiger partial charge in [0.15, 0.2) is 5.96 Å². The van der Waals surface area contributed by atoms with E-state index in [0.717, 1.165) is 0 Å². The largest absolute Gasteiger partial charge is 0.480 e. The van der Waals surface area contributed by atoms with Crippen molar-refractivity contribution in [3.05, 3.63) is 0 Å². The maximum Gasteiger partial charge on any atom is 0.322 e. The summed E-state index contributed by atoms with van der Waals surface area (Å²) in [5.74, 6) is -2.97. The molecule has 13 nitrogen and oxygen atoms in total. The summed E-state index contributed by atoms with van der Waals surface area (Å²) in [5, 5.41) is 15.4. The molecule has 148 valence electrons. The molecule has 0 heterocycles. The molecule has 0 radical (unpaired) electrons. The van der Waals surface area contributed by atoms with Crippen molar-refractivity contribution in [2.75, 3.05) is 33.2 Å². The lowest BCUT2D eigenvalue weighted by atomic mass is 10.1. The number of carboxylic acid groups (broad SMARTS) is 1. The number of amides is 3. The van der Waals surface area contributed by atoms with Gasteiger partial charge in [0.1, 0.15) is 12.6 Å². The van der Waals surface area contributed by atoms with E-state index in [2.05, 4.69) is 31.8 Å². The number of carbonyl (C=O) groups excluding carboxylic acids is 3. The number of hydrogen-bond donors (Lipinski definition) is 8. The molecule has 10 N–H and O–H groups in total. The van der Waals surface area contributed by atoms with E-state index in [-0.39, 0.29) is 25.5 Å². The standard InChI is InChI=1S/C13H26N8O5/c1-16-20-6-10(23)21-8(3-2-4-17-13(14)15)12(26)19-5-9(22)18-7-11(24)25/h8,16,20H,2-7H2,1H3,(H,18,22)(H,19,26)(H,21,23)(H,24,25)(H4,14,15,17). The van der Waals surface area contributed by atoms with Gasteiger partial charge in [0.05, 0.1) is 13.1 Å². The topological polar surface area (TPSA) is 213 Å². The van der Waals surface area contributed by atoms with Crippen molar-refractivity contribution < 1.29 is 24.3 Å². The fourth-order valence-electron chi connectivity index (χ4n) is 1.71. The third kappa shape index (κ3) is 12.5. The second kappa shape index (κ2) is 13.4. The number of carboxylic acids is 1. The number of hydrogen-bond acceptors (Lipinski definition) is 7. The highest BCUT2D eigenvalue weighted by molar-refractivity contribution is 5.91. The molecule has 0 fully saturated rings. The lowest BCUT2D eigenvalue weighted by Crippen LogP contribution is -2.51. The Balaban J connectivity index is 4.55. The number of nitrogens with zero attached hydrogens (tertiary/aromatic N) is 1. The highest BCUT2D eigenvalue weighted by Crippen LogP contribution is 1.99. The first-order valence-corrected chi connectivity index (χ1v) is 7.76. The van der Waals surface area contributed by atoms with Crippen LogP contribution < -0.4 is 38.3 Å². The number of carbonyl (C=O) groups is 4. The van der Waals surface area contributed by atoms with Gasteiger partial charge in [-0.1, -0.05) is 0 Å². The van der Waals surface area contributed by atoms with Crippen molar-refractivity contribution in [1.29, 1.82) is 0 Å². The lowest BCUT2D eigenvalue weighted by molar-refractivity contribution is -0.138. The zero-order valence-electron chi connectivity index (χ0n) is 14.5. The summed E-state index contributed by atoms with van der Waals surface area (Å²) in [6.45, 7) is -0.757. The molecule has 0 aliphatic rings. The molecule has 1 unspecified atom stereocenters. The number of nitrogens with one attached hydrogen (secondary N) is 5. The van der Waals surface area contributed by atoms with Crippen LogP contribution in [0, 0.1) is 0 Å². The summed E-state index contributed by atoms with van der Waals surface area (Å²) in [4.78, 5) is 49.5. The molecule has 0 aromatic rings. The Hall–Kier alpha value is -2.93. The van der Waals surface area contributed by atoms with Crippen LogP contribution in [0.4, 0.5) is 0 Å². The molecule has 3 amide bonds. The Morgan fingerprint density at radius 1 is 1.04 bits per heavy atom. The van der Waals surface area contributed by atoms with E-state index in [0.29, 0.717) is 6.42 Å². The predicted molar refractivity (Wildman–Crippen MR) is 92.6 cm³/mol. The number of guanidine groups is 1. The van der Waals surface area contributed by atoms with E-state index in [4.69, 9.17) is 16.6 Å². The average molecular weight is 374 g/mol. The van der Waals surface area contributed by atoms with E-state index in [1.54, 1.807) is 7.05 Å². The van der Waals surface area contributed by atoms with Crippen LogP contribution in [0.25, 0.3) is 0 Å². The van der Waals surface area contributed by atoms with Crippen molar-refractivity contribution in [1.82, 2.24) is 26.8 Å². The predicted octanol–water partition coefficient (Wildman–Crippen LogP) is -4.43. The van der Waals surface area contributed by atoms with Crippen LogP contribution in [0.1, 0.15) is 12.8 Å². The van der Waals surface area contributed by atoms with Gasteiger partial charge in [-0.05, 0) is 19.9 Å². The molecular weight excluding hydrogens is 348 g/mol. The van der Waals surface area contributed by atoms with E-state index in [1.807, 2.05) is 0 Å². The third-order valence-electron chi connectivity index (χ3n) is 2.88. The lowest BCUT2D eigenvalue weighted by Gasteiger charge is -2.18. The van der Waals surface area contributed by atoms with E-state index >= 15 is 0 Å². The van der Waals surface area contributed by atoms with Crippen LogP contribution in [0.5, 0.6) is 0 Å². The fraction of sp³-hybridized carbons (Fsp3) is 0.615. The number of aliphatic carboxylic acids is 1. The highest BCUT2D eigenvalue weighted by atomic mass is 16.4. The van der Waals surface area contributed by atoms with Gasteiger partial charge in [0.2, 0.25) is 17.7 Å². The first kappa shape index (κ1) is 23.1. The minimum atomic E-state index is -1.20. The summed E-state index contributed by atoms with van der Waals surface area (Å²) >= 11 is 0. The van der Waals surface area contributed by atoms with Crippen molar-refractivity contribution >= 4 is 29.7 Å². The number of nitrogens with two attached hydrogens (primary N) is 2. The zero-order chi connectivity index (χ0) is 19.9. The van der Waals surface area contributed by atoms with Gasteiger partial charge in [-0.3, -0.25) is 29.6 Å². The third-order valence-corrected chi connectivity index (χ3v) is 2.88. The van der Waals surface area contributed by atoms with E-state index in [1.165, 1.54) is 0 Å². The molecule has 26 heavy (non-hydrogen) atoms. The first-order chi connectivity index (χ1) is 12.3. The van der Waals surface area contributed by atoms with Crippen LogP contribution in [-0.2, 0) is 19.2 Å². The Labute approximate surface area is 150 Å². The highest BCUT2D eigenvalue weighted by Gasteiger charge is 2.20. The molecule has 0 aromatic carbocycles. The average Bonchev–Trinajstić information content (AvgIpc) is 2.58. The Morgan fingerprint density at radius 3 is 2.31 bits per heavy atom. The van der Waals surface area contributed by atoms with Gasteiger partial charge < -0.3 is 32.5 Å². The SMILES string of the molecule is CNNCC(=O)NC(CCCN=C(N)N)C(=O)NCC(=O)NCC(=O)O. The Bertz CT molecular complexity index is 521. The molecule has 0 saturated carbocycles. The van der Waals surface area contributed by atoms with E-state index in [9.17, 15) is 19.2 Å². The molecule has 0 aliphatic carbocycles. The van der Waals surface area contributed by atoms with Gasteiger partial charge in [-0.25, -0.2) is 5.43 Å². The summed E-state index contributed by atoms with van der Waals surface area (Å²) in [6.07, 6.45) is 0.658. The van der Waals surface area contributed by atoms with Gasteiger partial charge >= 0.3 is 5.97 Å². The summed E-state index contributed by atoms with van der Waals surface area (Å²) < 4.78 is 0. The van der Waals surface area contributed by atoms with E-state index < -0.39 is 42.8 Å². The van der Waals surface area contributed by atoms with Crippen LogP contribution >= 0.6 is 0 Å². The van der Waals surface area contributed by atoms with Crippen LogP contribution in [-0.4, -0.2) is 74.0 Å². The van der Waals surface area contributed by atoms with Gasteiger partial charge in [0.25, 0.3) is 0 Å².